The molecule has 0 aliphatic heterocycles. The van der Waals surface area contributed by atoms with Gasteiger partial charge in [0.2, 0.25) is 0 Å². The van der Waals surface area contributed by atoms with Gasteiger partial charge >= 0.3 is 131 Å². The van der Waals surface area contributed by atoms with Gasteiger partial charge in [-0.25, -0.2) is 9.59 Å². The van der Waals surface area contributed by atoms with E-state index in [9.17, 15) is 9.59 Å². The second kappa shape index (κ2) is 12.8. The van der Waals surface area contributed by atoms with Crippen molar-refractivity contribution in [3.05, 3.63) is 96.1 Å². The van der Waals surface area contributed by atoms with E-state index in [0.717, 1.165) is 52.2 Å². The second-order valence-corrected chi connectivity index (χ2v) is 11.5. The van der Waals surface area contributed by atoms with Crippen molar-refractivity contribution in [2.45, 2.75) is 0 Å². The van der Waals surface area contributed by atoms with Crippen LogP contribution >= 0.6 is 0 Å². The molecule has 0 aliphatic rings. The molecule has 0 bridgehead atoms. The van der Waals surface area contributed by atoms with Gasteiger partial charge in [0.15, 0.2) is 0 Å². The van der Waals surface area contributed by atoms with Gasteiger partial charge in [-0.3, -0.25) is 0 Å². The van der Waals surface area contributed by atoms with Gasteiger partial charge in [-0.1, -0.05) is 12.1 Å². The van der Waals surface area contributed by atoms with Gasteiger partial charge < -0.3 is 10.2 Å². The number of benzene rings is 3. The maximum absolute atomic E-state index is 10.5. The normalized spacial score (nSPS) is 9.08. The van der Waals surface area contributed by atoms with Crippen LogP contribution in [-0.4, -0.2) is 22.2 Å². The molecule has 3 rings (SSSR count). The summed E-state index contributed by atoms with van der Waals surface area (Å²) in [6.07, 6.45) is 0. The van der Waals surface area contributed by atoms with E-state index in [-0.39, 0.29) is 11.1 Å². The molecule has 0 saturated heterocycles. The van der Waals surface area contributed by atoms with Gasteiger partial charge in [0.25, 0.3) is 0 Å². The van der Waals surface area contributed by atoms with Gasteiger partial charge in [-0.2, -0.15) is 0 Å². The summed E-state index contributed by atoms with van der Waals surface area (Å²) in [5, 5.41) is 17.1. The Labute approximate surface area is 184 Å². The van der Waals surface area contributed by atoms with Crippen LogP contribution in [0.1, 0.15) is 20.7 Å². The third-order valence-corrected chi connectivity index (χ3v) is 6.74. The molecule has 3 aromatic rings. The topological polar surface area (TPSA) is 74.6 Å². The SMILES string of the molecule is O=C(O)c1ccccc1C(=O)O.[Hg][c]1ccccc1.[Hg][c]1ccccc1. The van der Waals surface area contributed by atoms with E-state index >= 15 is 0 Å². The molecule has 0 amide bonds. The Balaban J connectivity index is 0.000000207. The molecule has 0 fully saturated rings. The molecule has 0 aliphatic carbocycles. The molecule has 2 N–H and O–H groups in total. The first-order chi connectivity index (χ1) is 12.4. The number of aromatic carboxylic acids is 2. The van der Waals surface area contributed by atoms with Crippen LogP contribution in [0, 0.1) is 0 Å². The summed E-state index contributed by atoms with van der Waals surface area (Å²) in [5.41, 5.74) is -0.380. The molecule has 6 heteroatoms. The molecule has 0 radical (unpaired) electrons. The Morgan fingerprint density at radius 3 is 1.00 bits per heavy atom. The average molecular weight is 722 g/mol. The van der Waals surface area contributed by atoms with Gasteiger partial charge in [0, 0.05) is 0 Å². The van der Waals surface area contributed by atoms with Crippen LogP contribution in [0.3, 0.4) is 0 Å². The van der Waals surface area contributed by atoms with E-state index in [1.807, 2.05) is 0 Å². The fourth-order valence-electron chi connectivity index (χ4n) is 1.81. The summed E-state index contributed by atoms with van der Waals surface area (Å²) in [6.45, 7) is 0. The van der Waals surface area contributed by atoms with Crippen molar-refractivity contribution in [2.75, 3.05) is 0 Å². The summed E-state index contributed by atoms with van der Waals surface area (Å²) in [6, 6.07) is 26.6. The number of carbonyl (C=O) groups is 2. The second-order valence-electron chi connectivity index (χ2n) is 5.13. The molecule has 4 nitrogen and oxygen atoms in total. The van der Waals surface area contributed by atoms with Crippen molar-refractivity contribution in [3.63, 3.8) is 0 Å². The summed E-state index contributed by atoms with van der Waals surface area (Å²) >= 11 is 1.62. The van der Waals surface area contributed by atoms with Crippen molar-refractivity contribution >= 4 is 18.1 Å². The molecule has 26 heavy (non-hydrogen) atoms. The molecular weight excluding hydrogens is 705 g/mol. The summed E-state index contributed by atoms with van der Waals surface area (Å²) in [5.74, 6) is -2.46. The fourth-order valence-corrected chi connectivity index (χ4v) is 3.93. The van der Waals surface area contributed by atoms with E-state index in [4.69, 9.17) is 10.2 Å². The zero-order valence-electron chi connectivity index (χ0n) is 14.2. The predicted molar refractivity (Wildman–Crippen MR) is 92.5 cm³/mol. The number of rotatable bonds is 2. The predicted octanol–water partition coefficient (Wildman–Crippen LogP) is 2.80. The van der Waals surface area contributed by atoms with Crippen LogP contribution in [0.2, 0.25) is 0 Å². The molecule has 3 aromatic carbocycles. The third kappa shape index (κ3) is 9.25. The number of carboxylic acids is 2. The summed E-state index contributed by atoms with van der Waals surface area (Å²) in [7, 11) is 0. The van der Waals surface area contributed by atoms with Gasteiger partial charge in [0.1, 0.15) is 0 Å². The van der Waals surface area contributed by atoms with Crippen molar-refractivity contribution in [3.8, 4) is 0 Å². The molecular formula is C20H16Hg2O4. The van der Waals surface area contributed by atoms with Crippen molar-refractivity contribution in [1.29, 1.82) is 0 Å². The van der Waals surface area contributed by atoms with Crippen LogP contribution in [0.15, 0.2) is 84.9 Å². The zero-order chi connectivity index (χ0) is 19.4. The number of hydrogen-bond donors (Lipinski definition) is 2. The molecule has 0 saturated carbocycles. The average Bonchev–Trinajstić information content (AvgIpc) is 2.64. The minimum absolute atomic E-state index is 0.190. The van der Waals surface area contributed by atoms with Crippen LogP contribution in [0.4, 0.5) is 0 Å². The Morgan fingerprint density at radius 2 is 0.808 bits per heavy atom. The number of hydrogen-bond acceptors (Lipinski definition) is 2. The van der Waals surface area contributed by atoms with E-state index in [2.05, 4.69) is 60.7 Å². The Kier molecular flexibility index (Phi) is 11.1. The summed E-state index contributed by atoms with van der Waals surface area (Å²) in [4.78, 5) is 20.9. The maximum atomic E-state index is 10.5. The van der Waals surface area contributed by atoms with Crippen LogP contribution in [0.25, 0.3) is 0 Å². The molecule has 0 aromatic heterocycles. The van der Waals surface area contributed by atoms with E-state index in [1.165, 1.54) is 30.4 Å². The fraction of sp³-hybridized carbons (Fsp3) is 0. The molecule has 0 spiro atoms. The first-order valence-electron chi connectivity index (χ1n) is 7.71. The monoisotopic (exact) mass is 724 g/mol. The standard InChI is InChI=1S/C8H6O4.2C6H5.2Hg/c9-7(10)5-3-1-2-4-6(5)8(11)12;2*1-2-4-6-5-3-1;;/h1-4H,(H,9,10)(H,11,12);2*1-5H;;. The minimum atomic E-state index is -1.23. The van der Waals surface area contributed by atoms with Crippen molar-refractivity contribution < 1.29 is 72.0 Å². The summed E-state index contributed by atoms with van der Waals surface area (Å²) < 4.78 is 3.03. The van der Waals surface area contributed by atoms with E-state index in [0.29, 0.717) is 0 Å². The van der Waals surface area contributed by atoms with Gasteiger partial charge in [-0.05, 0) is 12.1 Å². The zero-order valence-corrected chi connectivity index (χ0v) is 25.2. The Hall–Kier alpha value is -1.53. The molecule has 0 unspecified atom stereocenters. The van der Waals surface area contributed by atoms with Crippen molar-refractivity contribution in [1.82, 2.24) is 0 Å². The first-order valence-corrected chi connectivity index (χ1v) is 13.2. The quantitative estimate of drug-likeness (QED) is 0.400. The molecule has 124 valence electrons. The first kappa shape index (κ1) is 22.5. The van der Waals surface area contributed by atoms with E-state index < -0.39 is 11.9 Å². The Bertz CT molecular complexity index is 751. The van der Waals surface area contributed by atoms with Gasteiger partial charge in [-0.15, -0.1) is 0 Å². The Morgan fingerprint density at radius 1 is 0.538 bits per heavy atom. The van der Waals surface area contributed by atoms with Gasteiger partial charge in [0.05, 0.1) is 11.1 Å². The van der Waals surface area contributed by atoms with Crippen LogP contribution < -0.4 is 6.14 Å². The third-order valence-electron chi connectivity index (χ3n) is 3.07. The van der Waals surface area contributed by atoms with E-state index in [1.54, 1.807) is 0 Å². The van der Waals surface area contributed by atoms with Crippen LogP contribution in [0.5, 0.6) is 0 Å². The number of carboxylic acid groups (broad SMARTS) is 2. The van der Waals surface area contributed by atoms with Crippen molar-refractivity contribution in [2.24, 2.45) is 0 Å². The van der Waals surface area contributed by atoms with Crippen LogP contribution in [-0.2, 0) is 52.2 Å². The molecule has 0 heterocycles. The molecule has 0 atom stereocenters.